The third-order valence-corrected chi connectivity index (χ3v) is 5.78. The van der Waals surface area contributed by atoms with Crippen molar-refractivity contribution in [2.24, 2.45) is 11.8 Å². The van der Waals surface area contributed by atoms with Crippen molar-refractivity contribution in [3.8, 4) is 0 Å². The number of aliphatic hydroxyl groups is 1. The number of nitrogens with one attached hydrogen (secondary N) is 1. The topological polar surface area (TPSA) is 84.9 Å². The predicted octanol–water partition coefficient (Wildman–Crippen LogP) is 5.74. The normalized spacial score (nSPS) is 12.6. The van der Waals surface area contributed by atoms with E-state index in [0.29, 0.717) is 18.5 Å². The molecule has 184 valence electrons. The quantitative estimate of drug-likeness (QED) is 0.345. The highest BCUT2D eigenvalue weighted by Crippen LogP contribution is 2.22. The van der Waals surface area contributed by atoms with Gasteiger partial charge >= 0.3 is 12.1 Å². The minimum Gasteiger partial charge on any atom is -0.461 e. The summed E-state index contributed by atoms with van der Waals surface area (Å²) in [5, 5.41) is 13.4. The molecule has 2 N–H and O–H groups in total. The van der Waals surface area contributed by atoms with Gasteiger partial charge in [-0.05, 0) is 47.6 Å². The Labute approximate surface area is 206 Å². The van der Waals surface area contributed by atoms with Gasteiger partial charge in [0.15, 0.2) is 0 Å². The zero-order valence-electron chi connectivity index (χ0n) is 20.2. The van der Waals surface area contributed by atoms with E-state index in [0.717, 1.165) is 16.7 Å². The number of carbonyl (C=O) groups is 2. The van der Waals surface area contributed by atoms with Gasteiger partial charge in [-0.25, -0.2) is 4.79 Å². The lowest BCUT2D eigenvalue weighted by atomic mass is 9.88. The molecule has 0 radical (unpaired) electrons. The van der Waals surface area contributed by atoms with Crippen LogP contribution < -0.4 is 5.32 Å². The Kier molecular flexibility index (Phi) is 9.87. The monoisotopic (exact) mass is 475 g/mol. The third kappa shape index (κ3) is 8.58. The SMILES string of the molecule is CC(C)C(O)C(CCc1ccc(NC(=O)OCc2ccccc2)cc1)C(=O)OCc1ccccc1. The lowest BCUT2D eigenvalue weighted by molar-refractivity contribution is -0.155. The molecule has 3 aromatic carbocycles. The Morgan fingerprint density at radius 1 is 0.771 bits per heavy atom. The number of aliphatic hydroxyl groups excluding tert-OH is 1. The van der Waals surface area contributed by atoms with E-state index in [1.165, 1.54) is 0 Å². The van der Waals surface area contributed by atoms with Crippen molar-refractivity contribution in [3.05, 3.63) is 102 Å². The summed E-state index contributed by atoms with van der Waals surface area (Å²) in [7, 11) is 0. The van der Waals surface area contributed by atoms with Crippen LogP contribution >= 0.6 is 0 Å². The number of ether oxygens (including phenoxy) is 2. The molecule has 6 heteroatoms. The molecule has 0 fully saturated rings. The third-order valence-electron chi connectivity index (χ3n) is 5.78. The summed E-state index contributed by atoms with van der Waals surface area (Å²) in [5.74, 6) is -1.09. The van der Waals surface area contributed by atoms with Crippen molar-refractivity contribution < 1.29 is 24.2 Å². The van der Waals surface area contributed by atoms with Crippen LogP contribution in [-0.4, -0.2) is 23.3 Å². The van der Waals surface area contributed by atoms with Crippen molar-refractivity contribution in [1.29, 1.82) is 0 Å². The Morgan fingerprint density at radius 3 is 1.86 bits per heavy atom. The minimum absolute atomic E-state index is 0.0715. The van der Waals surface area contributed by atoms with Crippen molar-refractivity contribution in [2.45, 2.75) is 46.0 Å². The van der Waals surface area contributed by atoms with Crippen LogP contribution in [0.25, 0.3) is 0 Å². The van der Waals surface area contributed by atoms with Crippen molar-refractivity contribution in [3.63, 3.8) is 0 Å². The number of rotatable bonds is 11. The first kappa shape index (κ1) is 26.0. The Morgan fingerprint density at radius 2 is 1.31 bits per heavy atom. The molecule has 6 nitrogen and oxygen atoms in total. The van der Waals surface area contributed by atoms with E-state index >= 15 is 0 Å². The van der Waals surface area contributed by atoms with E-state index in [9.17, 15) is 14.7 Å². The van der Waals surface area contributed by atoms with Gasteiger partial charge in [0, 0.05) is 5.69 Å². The lowest BCUT2D eigenvalue weighted by Crippen LogP contribution is -2.34. The number of aryl methyl sites for hydroxylation is 1. The summed E-state index contributed by atoms with van der Waals surface area (Å²) in [6, 6.07) is 26.3. The molecule has 0 spiro atoms. The summed E-state index contributed by atoms with van der Waals surface area (Å²) in [6.45, 7) is 4.16. The Balaban J connectivity index is 1.51. The van der Waals surface area contributed by atoms with Gasteiger partial charge in [-0.15, -0.1) is 0 Å². The summed E-state index contributed by atoms with van der Waals surface area (Å²) in [6.07, 6.45) is -0.270. The van der Waals surface area contributed by atoms with Crippen molar-refractivity contribution >= 4 is 17.7 Å². The molecule has 2 atom stereocenters. The maximum Gasteiger partial charge on any atom is 0.411 e. The molecule has 0 bridgehead atoms. The molecule has 2 unspecified atom stereocenters. The smallest absolute Gasteiger partial charge is 0.411 e. The van der Waals surface area contributed by atoms with Gasteiger partial charge in [0.25, 0.3) is 0 Å². The number of hydrogen-bond acceptors (Lipinski definition) is 5. The average molecular weight is 476 g/mol. The van der Waals surface area contributed by atoms with Crippen molar-refractivity contribution in [2.75, 3.05) is 5.32 Å². The molecule has 0 saturated carbocycles. The second-order valence-electron chi connectivity index (χ2n) is 8.86. The van der Waals surface area contributed by atoms with Gasteiger partial charge in [-0.2, -0.15) is 0 Å². The number of amides is 1. The highest BCUT2D eigenvalue weighted by Gasteiger charge is 2.30. The first-order valence-corrected chi connectivity index (χ1v) is 11.9. The molecule has 0 aliphatic carbocycles. The first-order chi connectivity index (χ1) is 16.9. The molecule has 0 saturated heterocycles. The molecule has 3 rings (SSSR count). The standard InChI is InChI=1S/C29H33NO5/c1-21(2)27(31)26(28(32)34-19-23-9-5-3-6-10-23)18-15-22-13-16-25(17-14-22)30-29(33)35-20-24-11-7-4-8-12-24/h3-14,16-17,21,26-27,31H,15,18-20H2,1-2H3,(H,30,33). The highest BCUT2D eigenvalue weighted by atomic mass is 16.5. The zero-order valence-corrected chi connectivity index (χ0v) is 20.2. The molecule has 0 aliphatic rings. The Bertz CT molecular complexity index is 1050. The molecule has 1 amide bonds. The number of esters is 1. The maximum atomic E-state index is 12.8. The number of hydrogen-bond donors (Lipinski definition) is 2. The first-order valence-electron chi connectivity index (χ1n) is 11.9. The van der Waals surface area contributed by atoms with E-state index in [-0.39, 0.29) is 19.1 Å². The molecular formula is C29H33NO5. The molecule has 0 aromatic heterocycles. The molecular weight excluding hydrogens is 442 g/mol. The van der Waals surface area contributed by atoms with Crippen LogP contribution in [0.5, 0.6) is 0 Å². The summed E-state index contributed by atoms with van der Waals surface area (Å²) < 4.78 is 10.7. The maximum absolute atomic E-state index is 12.8. The van der Waals surface area contributed by atoms with Crippen LogP contribution in [0.3, 0.4) is 0 Å². The van der Waals surface area contributed by atoms with Gasteiger partial charge in [-0.3, -0.25) is 10.1 Å². The average Bonchev–Trinajstić information content (AvgIpc) is 2.88. The van der Waals surface area contributed by atoms with Gasteiger partial charge in [0.1, 0.15) is 13.2 Å². The van der Waals surface area contributed by atoms with E-state index in [1.807, 2.05) is 86.6 Å². The highest BCUT2D eigenvalue weighted by molar-refractivity contribution is 5.84. The van der Waals surface area contributed by atoms with Crippen LogP contribution in [0.2, 0.25) is 0 Å². The fourth-order valence-corrected chi connectivity index (χ4v) is 3.68. The molecule has 0 aliphatic heterocycles. The summed E-state index contributed by atoms with van der Waals surface area (Å²) in [4.78, 5) is 24.8. The van der Waals surface area contributed by atoms with Crippen molar-refractivity contribution in [1.82, 2.24) is 0 Å². The van der Waals surface area contributed by atoms with Crippen LogP contribution in [0.15, 0.2) is 84.9 Å². The van der Waals surface area contributed by atoms with Crippen LogP contribution in [-0.2, 0) is 33.9 Å². The fraction of sp³-hybridized carbons (Fsp3) is 0.310. The van der Waals surface area contributed by atoms with Gasteiger partial charge < -0.3 is 14.6 Å². The van der Waals surface area contributed by atoms with Gasteiger partial charge in [-0.1, -0.05) is 86.6 Å². The zero-order chi connectivity index (χ0) is 25.0. The summed E-state index contributed by atoms with van der Waals surface area (Å²) in [5.41, 5.74) is 3.43. The molecule has 35 heavy (non-hydrogen) atoms. The van der Waals surface area contributed by atoms with E-state index in [1.54, 1.807) is 12.1 Å². The minimum atomic E-state index is -0.793. The summed E-state index contributed by atoms with van der Waals surface area (Å²) >= 11 is 0. The number of benzene rings is 3. The fourth-order valence-electron chi connectivity index (χ4n) is 3.68. The lowest BCUT2D eigenvalue weighted by Gasteiger charge is -2.24. The Hall–Kier alpha value is -3.64. The van der Waals surface area contributed by atoms with Gasteiger partial charge in [0.2, 0.25) is 0 Å². The second-order valence-corrected chi connectivity index (χ2v) is 8.86. The molecule has 0 heterocycles. The van der Waals surface area contributed by atoms with Crippen LogP contribution in [0, 0.1) is 11.8 Å². The molecule has 3 aromatic rings. The van der Waals surface area contributed by atoms with Crippen LogP contribution in [0.1, 0.15) is 37.0 Å². The van der Waals surface area contributed by atoms with E-state index in [2.05, 4.69) is 5.32 Å². The number of anilines is 1. The van der Waals surface area contributed by atoms with E-state index in [4.69, 9.17) is 9.47 Å². The largest absolute Gasteiger partial charge is 0.461 e. The second kappa shape index (κ2) is 13.3. The van der Waals surface area contributed by atoms with E-state index < -0.39 is 24.1 Å². The number of carbonyl (C=O) groups excluding carboxylic acids is 2. The van der Waals surface area contributed by atoms with Crippen LogP contribution in [0.4, 0.5) is 10.5 Å². The van der Waals surface area contributed by atoms with Gasteiger partial charge in [0.05, 0.1) is 12.0 Å². The predicted molar refractivity (Wildman–Crippen MR) is 136 cm³/mol.